The lowest BCUT2D eigenvalue weighted by Crippen LogP contribution is -2.28. The average molecular weight is 929 g/mol. The second kappa shape index (κ2) is 17.4. The molecule has 1 heterocycles. The van der Waals surface area contributed by atoms with Crippen LogP contribution in [0.1, 0.15) is 22.3 Å². The van der Waals surface area contributed by atoms with Gasteiger partial charge in [-0.05, 0) is 127 Å². The summed E-state index contributed by atoms with van der Waals surface area (Å²) in [5.74, 6) is 0. The summed E-state index contributed by atoms with van der Waals surface area (Å²) in [6.07, 6.45) is 0. The van der Waals surface area contributed by atoms with Gasteiger partial charge in [0.2, 0.25) is 0 Å². The third kappa shape index (κ3) is 6.94. The first kappa shape index (κ1) is 42.4. The van der Waals surface area contributed by atoms with E-state index in [0.29, 0.717) is 0 Å². The normalized spacial score (nSPS) is 12.5. The number of benzene rings is 12. The zero-order valence-corrected chi connectivity index (χ0v) is 40.1. The minimum Gasteiger partial charge on any atom is -0.310 e. The maximum absolute atomic E-state index is 2.47. The Morgan fingerprint density at radius 2 is 0.822 bits per heavy atom. The van der Waals surface area contributed by atoms with Crippen LogP contribution in [0.2, 0.25) is 0 Å². The largest absolute Gasteiger partial charge is 0.310 e. The van der Waals surface area contributed by atoms with E-state index in [0.717, 1.165) is 33.9 Å². The van der Waals surface area contributed by atoms with Gasteiger partial charge < -0.3 is 9.47 Å². The summed E-state index contributed by atoms with van der Waals surface area (Å²) in [5, 5.41) is 4.97. The van der Waals surface area contributed by atoms with Crippen LogP contribution in [0.15, 0.2) is 291 Å². The Kier molecular flexibility index (Phi) is 10.1. The second-order valence-electron chi connectivity index (χ2n) is 19.2. The number of aromatic nitrogens is 1. The molecule has 342 valence electrons. The Morgan fingerprint density at radius 1 is 0.288 bits per heavy atom. The standard InChI is InChI=1S/C71H48N2/c1-4-18-49(19-5-1)51-36-40-58(41-37-51)72(60-43-45-63-62-27-12-15-29-66(62)71(67(63)48-60,56-22-6-2-7-23-56)57-24-8-3-9-25-57)68-30-16-13-26-61(68)53-34-32-52(33-35-53)55-39-44-65-64-28-14-17-31-69(64)73(70(65)47-55)59-42-38-50-20-10-11-21-54(50)46-59/h1-48H. The van der Waals surface area contributed by atoms with E-state index in [1.54, 1.807) is 0 Å². The van der Waals surface area contributed by atoms with Gasteiger partial charge in [0.1, 0.15) is 0 Å². The molecule has 0 atom stereocenters. The predicted molar refractivity (Wildman–Crippen MR) is 307 cm³/mol. The Bertz CT molecular complexity index is 4130. The van der Waals surface area contributed by atoms with Crippen LogP contribution in [0.4, 0.5) is 17.1 Å². The van der Waals surface area contributed by atoms with E-state index in [2.05, 4.69) is 301 Å². The Labute approximate surface area is 426 Å². The first-order valence-corrected chi connectivity index (χ1v) is 25.2. The van der Waals surface area contributed by atoms with Crippen molar-refractivity contribution >= 4 is 49.6 Å². The van der Waals surface area contributed by atoms with E-state index in [1.807, 2.05) is 0 Å². The van der Waals surface area contributed by atoms with Crippen molar-refractivity contribution in [2.24, 2.45) is 0 Å². The van der Waals surface area contributed by atoms with Crippen LogP contribution < -0.4 is 4.90 Å². The molecule has 0 aliphatic heterocycles. The van der Waals surface area contributed by atoms with E-state index >= 15 is 0 Å². The summed E-state index contributed by atoms with van der Waals surface area (Å²) in [4.78, 5) is 2.46. The van der Waals surface area contributed by atoms with Crippen LogP contribution in [0.3, 0.4) is 0 Å². The quantitative estimate of drug-likeness (QED) is 0.140. The van der Waals surface area contributed by atoms with Crippen molar-refractivity contribution in [3.05, 3.63) is 313 Å². The first-order valence-electron chi connectivity index (χ1n) is 25.2. The summed E-state index contributed by atoms with van der Waals surface area (Å²) >= 11 is 0. The van der Waals surface area contributed by atoms with Crippen LogP contribution in [0.5, 0.6) is 0 Å². The van der Waals surface area contributed by atoms with Crippen molar-refractivity contribution in [2.45, 2.75) is 5.41 Å². The number of anilines is 3. The zero-order valence-electron chi connectivity index (χ0n) is 40.1. The van der Waals surface area contributed by atoms with E-state index in [1.165, 1.54) is 88.2 Å². The number of hydrogen-bond donors (Lipinski definition) is 0. The Morgan fingerprint density at radius 3 is 1.59 bits per heavy atom. The molecule has 14 rings (SSSR count). The van der Waals surface area contributed by atoms with Crippen molar-refractivity contribution in [1.82, 2.24) is 4.57 Å². The van der Waals surface area contributed by atoms with Gasteiger partial charge in [-0.2, -0.15) is 0 Å². The van der Waals surface area contributed by atoms with Crippen LogP contribution in [-0.4, -0.2) is 4.57 Å². The molecule has 0 N–H and O–H groups in total. The van der Waals surface area contributed by atoms with Gasteiger partial charge in [-0.15, -0.1) is 0 Å². The molecule has 0 amide bonds. The van der Waals surface area contributed by atoms with Gasteiger partial charge in [-0.25, -0.2) is 0 Å². The summed E-state index contributed by atoms with van der Waals surface area (Å²) < 4.78 is 2.42. The summed E-state index contributed by atoms with van der Waals surface area (Å²) in [6.45, 7) is 0. The van der Waals surface area contributed by atoms with Crippen molar-refractivity contribution in [3.63, 3.8) is 0 Å². The maximum atomic E-state index is 2.47. The predicted octanol–water partition coefficient (Wildman–Crippen LogP) is 18.8. The zero-order chi connectivity index (χ0) is 48.3. The molecule has 0 radical (unpaired) electrons. The van der Waals surface area contributed by atoms with Crippen molar-refractivity contribution < 1.29 is 0 Å². The molecule has 0 fully saturated rings. The highest BCUT2D eigenvalue weighted by molar-refractivity contribution is 6.10. The summed E-state index contributed by atoms with van der Waals surface area (Å²) in [6, 6.07) is 107. The lowest BCUT2D eigenvalue weighted by molar-refractivity contribution is 0.768. The van der Waals surface area contributed by atoms with Gasteiger partial charge in [-0.3, -0.25) is 0 Å². The molecule has 2 heteroatoms. The molecule has 13 aromatic rings. The number of para-hydroxylation sites is 2. The van der Waals surface area contributed by atoms with Gasteiger partial charge in [-0.1, -0.05) is 237 Å². The number of rotatable bonds is 9. The highest BCUT2D eigenvalue weighted by Gasteiger charge is 2.46. The molecule has 12 aromatic carbocycles. The minimum absolute atomic E-state index is 0.532. The van der Waals surface area contributed by atoms with E-state index in [-0.39, 0.29) is 0 Å². The monoisotopic (exact) mass is 928 g/mol. The molecule has 0 spiro atoms. The Balaban J connectivity index is 0.912. The van der Waals surface area contributed by atoms with Gasteiger partial charge in [0, 0.05) is 33.4 Å². The fraction of sp³-hybridized carbons (Fsp3) is 0.0141. The topological polar surface area (TPSA) is 8.17 Å². The smallest absolute Gasteiger partial charge is 0.0714 e. The van der Waals surface area contributed by atoms with E-state index < -0.39 is 5.41 Å². The average Bonchev–Trinajstić information content (AvgIpc) is 3.96. The number of nitrogens with zero attached hydrogens (tertiary/aromatic N) is 2. The fourth-order valence-corrected chi connectivity index (χ4v) is 11.9. The molecule has 1 aromatic heterocycles. The SMILES string of the molecule is c1ccc(-c2ccc(N(c3ccc4c(c3)C(c3ccccc3)(c3ccccc3)c3ccccc3-4)c3ccccc3-c3ccc(-c4ccc5c6ccccc6n(-c6ccc7ccccc7c6)c5c4)cc3)cc2)cc1. The molecule has 73 heavy (non-hydrogen) atoms. The van der Waals surface area contributed by atoms with Gasteiger partial charge in [0.05, 0.1) is 22.1 Å². The van der Waals surface area contributed by atoms with Crippen LogP contribution in [-0.2, 0) is 5.41 Å². The molecule has 1 aliphatic rings. The highest BCUT2D eigenvalue weighted by Crippen LogP contribution is 2.57. The van der Waals surface area contributed by atoms with Gasteiger partial charge in [0.25, 0.3) is 0 Å². The van der Waals surface area contributed by atoms with E-state index in [9.17, 15) is 0 Å². The van der Waals surface area contributed by atoms with Crippen molar-refractivity contribution in [1.29, 1.82) is 0 Å². The van der Waals surface area contributed by atoms with Crippen LogP contribution >= 0.6 is 0 Å². The van der Waals surface area contributed by atoms with Crippen LogP contribution in [0, 0.1) is 0 Å². The highest BCUT2D eigenvalue weighted by atomic mass is 15.1. The lowest BCUT2D eigenvalue weighted by Gasteiger charge is -2.35. The molecule has 1 aliphatic carbocycles. The van der Waals surface area contributed by atoms with Crippen LogP contribution in [0.25, 0.3) is 82.8 Å². The number of hydrogen-bond acceptors (Lipinski definition) is 1. The molecule has 0 bridgehead atoms. The molecular formula is C71H48N2. The first-order chi connectivity index (χ1) is 36.2. The molecule has 0 unspecified atom stereocenters. The minimum atomic E-state index is -0.532. The third-order valence-corrected chi connectivity index (χ3v) is 15.3. The third-order valence-electron chi connectivity index (χ3n) is 15.3. The maximum Gasteiger partial charge on any atom is 0.0714 e. The number of fused-ring (bicyclic) bond motifs is 7. The lowest BCUT2D eigenvalue weighted by atomic mass is 9.67. The molecule has 0 saturated heterocycles. The van der Waals surface area contributed by atoms with Crippen molar-refractivity contribution in [2.75, 3.05) is 4.90 Å². The van der Waals surface area contributed by atoms with Gasteiger partial charge >= 0.3 is 0 Å². The summed E-state index contributed by atoms with van der Waals surface area (Å²) in [7, 11) is 0. The second-order valence-corrected chi connectivity index (χ2v) is 19.2. The molecular weight excluding hydrogens is 881 g/mol. The summed E-state index contributed by atoms with van der Waals surface area (Å²) in [5.41, 5.74) is 20.9. The molecule has 0 saturated carbocycles. The fourth-order valence-electron chi connectivity index (χ4n) is 11.9. The van der Waals surface area contributed by atoms with Crippen molar-refractivity contribution in [3.8, 4) is 50.2 Å². The molecule has 2 nitrogen and oxygen atoms in total. The van der Waals surface area contributed by atoms with E-state index in [4.69, 9.17) is 0 Å². The Hall–Kier alpha value is -9.50. The van der Waals surface area contributed by atoms with Gasteiger partial charge in [0.15, 0.2) is 0 Å².